The summed E-state index contributed by atoms with van der Waals surface area (Å²) in [5, 5.41) is 2.42. The molecule has 4 aromatic rings. The molecule has 4 amide bonds. The molecule has 0 aromatic heterocycles. The molecule has 0 spiro atoms. The molecule has 1 saturated heterocycles. The third-order valence-electron chi connectivity index (χ3n) is 9.02. The Labute approximate surface area is 263 Å². The van der Waals surface area contributed by atoms with Crippen LogP contribution in [0.15, 0.2) is 103 Å². The molecule has 226 valence electrons. The van der Waals surface area contributed by atoms with Crippen molar-refractivity contribution in [1.29, 1.82) is 0 Å². The van der Waals surface area contributed by atoms with E-state index in [1.807, 2.05) is 43.3 Å². The number of amides is 4. The number of nitrogens with one attached hydrogen (secondary N) is 1. The Kier molecular flexibility index (Phi) is 7.67. The van der Waals surface area contributed by atoms with E-state index in [0.29, 0.717) is 23.6 Å². The highest BCUT2D eigenvalue weighted by Crippen LogP contribution is 2.50. The van der Waals surface area contributed by atoms with Gasteiger partial charge >= 0.3 is 6.03 Å². The number of ether oxygens (including phenoxy) is 1. The Hall–Kier alpha value is -5.17. The molecule has 4 aromatic carbocycles. The Balaban J connectivity index is 1.33. The summed E-state index contributed by atoms with van der Waals surface area (Å²) in [6, 6.07) is 31.3. The molecule has 7 heteroatoms. The molecular weight excluding hydrogens is 562 g/mol. The van der Waals surface area contributed by atoms with Crippen LogP contribution < -0.4 is 19.9 Å². The van der Waals surface area contributed by atoms with E-state index in [1.165, 1.54) is 22.9 Å². The quantitative estimate of drug-likeness (QED) is 0.183. The lowest BCUT2D eigenvalue weighted by atomic mass is 9.76. The third-order valence-corrected chi connectivity index (χ3v) is 9.02. The number of rotatable bonds is 7. The first kappa shape index (κ1) is 28.6. The lowest BCUT2D eigenvalue weighted by Crippen LogP contribution is -2.54. The maximum absolute atomic E-state index is 14.0. The van der Waals surface area contributed by atoms with E-state index in [4.69, 9.17) is 4.74 Å². The second kappa shape index (κ2) is 12.1. The van der Waals surface area contributed by atoms with Crippen LogP contribution in [0.1, 0.15) is 65.8 Å². The van der Waals surface area contributed by atoms with Crippen molar-refractivity contribution in [3.05, 3.63) is 130 Å². The lowest BCUT2D eigenvalue weighted by Gasteiger charge is -2.44. The van der Waals surface area contributed by atoms with Gasteiger partial charge in [0.2, 0.25) is 0 Å². The van der Waals surface area contributed by atoms with E-state index in [-0.39, 0.29) is 17.4 Å². The molecule has 45 heavy (non-hydrogen) atoms. The molecule has 0 unspecified atom stereocenters. The first-order chi connectivity index (χ1) is 22.0. The van der Waals surface area contributed by atoms with Crippen molar-refractivity contribution in [3.8, 4) is 5.75 Å². The number of carbonyl (C=O) groups is 3. The molecule has 0 saturated carbocycles. The molecule has 7 rings (SSSR count). The minimum absolute atomic E-state index is 0.0935. The molecule has 1 fully saturated rings. The predicted octanol–water partition coefficient (Wildman–Crippen LogP) is 7.02. The van der Waals surface area contributed by atoms with Gasteiger partial charge in [0.05, 0.1) is 12.3 Å². The number of imide groups is 2. The summed E-state index contributed by atoms with van der Waals surface area (Å²) >= 11 is 0. The molecule has 0 radical (unpaired) electrons. The number of hydrogen-bond donors (Lipinski definition) is 1. The number of benzene rings is 4. The largest absolute Gasteiger partial charge is 0.494 e. The van der Waals surface area contributed by atoms with E-state index in [2.05, 4.69) is 58.7 Å². The van der Waals surface area contributed by atoms with Crippen molar-refractivity contribution in [2.24, 2.45) is 0 Å². The van der Waals surface area contributed by atoms with Crippen LogP contribution in [0.4, 0.5) is 16.2 Å². The van der Waals surface area contributed by atoms with Gasteiger partial charge in [0.15, 0.2) is 0 Å². The van der Waals surface area contributed by atoms with Crippen LogP contribution in [0.25, 0.3) is 6.08 Å². The van der Waals surface area contributed by atoms with Crippen LogP contribution in [-0.2, 0) is 9.59 Å². The summed E-state index contributed by atoms with van der Waals surface area (Å²) in [5.74, 6) is -0.411. The molecule has 3 aliphatic heterocycles. The van der Waals surface area contributed by atoms with Gasteiger partial charge in [0.1, 0.15) is 11.3 Å². The van der Waals surface area contributed by atoms with Crippen LogP contribution in [0.5, 0.6) is 5.75 Å². The topological polar surface area (TPSA) is 79.0 Å². The summed E-state index contributed by atoms with van der Waals surface area (Å²) in [6.07, 6.45) is 4.28. The number of nitrogens with zero attached hydrogens (tertiary/aromatic N) is 2. The van der Waals surface area contributed by atoms with Crippen molar-refractivity contribution in [2.75, 3.05) is 29.5 Å². The maximum Gasteiger partial charge on any atom is 0.335 e. The number of carbonyl (C=O) groups excluding carboxylic acids is 3. The average molecular weight is 598 g/mol. The fourth-order valence-electron chi connectivity index (χ4n) is 6.91. The van der Waals surface area contributed by atoms with Crippen molar-refractivity contribution >= 4 is 35.3 Å². The minimum atomic E-state index is -0.742. The van der Waals surface area contributed by atoms with Crippen LogP contribution in [-0.4, -0.2) is 37.5 Å². The van der Waals surface area contributed by atoms with E-state index < -0.39 is 17.8 Å². The van der Waals surface area contributed by atoms with Crippen LogP contribution >= 0.6 is 0 Å². The monoisotopic (exact) mass is 597 g/mol. The van der Waals surface area contributed by atoms with Gasteiger partial charge in [-0.1, -0.05) is 79.7 Å². The summed E-state index contributed by atoms with van der Waals surface area (Å²) in [4.78, 5) is 44.1. The van der Waals surface area contributed by atoms with Gasteiger partial charge < -0.3 is 9.64 Å². The van der Waals surface area contributed by atoms with Crippen molar-refractivity contribution in [1.82, 2.24) is 5.32 Å². The van der Waals surface area contributed by atoms with Gasteiger partial charge in [-0.05, 0) is 77.4 Å². The second-order valence-electron chi connectivity index (χ2n) is 11.8. The Morgan fingerprint density at radius 3 is 1.93 bits per heavy atom. The van der Waals surface area contributed by atoms with Gasteiger partial charge in [-0.15, -0.1) is 0 Å². The summed E-state index contributed by atoms with van der Waals surface area (Å²) in [6.45, 7) is 4.52. The van der Waals surface area contributed by atoms with Crippen molar-refractivity contribution in [3.63, 3.8) is 0 Å². The molecule has 0 bridgehead atoms. The van der Waals surface area contributed by atoms with Gasteiger partial charge in [-0.2, -0.15) is 0 Å². The summed E-state index contributed by atoms with van der Waals surface area (Å²) in [5.41, 5.74) is 6.85. The number of hydrogen-bond acceptors (Lipinski definition) is 5. The van der Waals surface area contributed by atoms with Crippen LogP contribution in [0.2, 0.25) is 0 Å². The van der Waals surface area contributed by atoms with Crippen molar-refractivity contribution in [2.45, 2.75) is 38.0 Å². The van der Waals surface area contributed by atoms with Crippen molar-refractivity contribution < 1.29 is 19.1 Å². The molecular formula is C38H35N3O4. The van der Waals surface area contributed by atoms with E-state index in [1.54, 1.807) is 12.1 Å². The van der Waals surface area contributed by atoms with Gasteiger partial charge in [0, 0.05) is 30.6 Å². The van der Waals surface area contributed by atoms with Gasteiger partial charge in [0.25, 0.3) is 11.8 Å². The maximum atomic E-state index is 14.0. The van der Waals surface area contributed by atoms with Crippen LogP contribution in [0, 0.1) is 0 Å². The standard InChI is InChI=1S/C38H35N3O4/c1-2-21-45-29-15-13-25(14-16-29)22-34-36(42)39-38(44)41(37(34)43)28-23-32-30(26-9-5-3-6-10-26)17-19-40-20-18-31(33(24-28)35(32)40)27-11-7-4-8-12-27/h3-16,22-24,30-31H,2,17-21H2,1H3,(H,39,42,44)/b34-22+/t30-,31-/m1/s1. The molecule has 7 nitrogen and oxygen atoms in total. The smallest absolute Gasteiger partial charge is 0.335 e. The zero-order valence-corrected chi connectivity index (χ0v) is 25.2. The highest BCUT2D eigenvalue weighted by Gasteiger charge is 2.40. The normalized spacial score (nSPS) is 20.2. The second-order valence-corrected chi connectivity index (χ2v) is 11.8. The summed E-state index contributed by atoms with van der Waals surface area (Å²) < 4.78 is 5.67. The SMILES string of the molecule is CCCOc1ccc(/C=C2\C(=O)NC(=O)N(c3cc4c5c(c3)[C@@H](c3ccccc3)CCN5CC[C@@H]4c3ccccc3)C2=O)cc1. The number of barbiturate groups is 1. The Morgan fingerprint density at radius 2 is 1.38 bits per heavy atom. The highest BCUT2D eigenvalue weighted by atomic mass is 16.5. The van der Waals surface area contributed by atoms with Gasteiger partial charge in [-0.3, -0.25) is 14.9 Å². The Bertz CT molecular complexity index is 1710. The zero-order chi connectivity index (χ0) is 30.9. The van der Waals surface area contributed by atoms with E-state index >= 15 is 0 Å². The lowest BCUT2D eigenvalue weighted by molar-refractivity contribution is -0.122. The average Bonchev–Trinajstić information content (AvgIpc) is 3.07. The number of anilines is 2. The first-order valence-electron chi connectivity index (χ1n) is 15.7. The summed E-state index contributed by atoms with van der Waals surface area (Å²) in [7, 11) is 0. The fraction of sp³-hybridized carbons (Fsp3) is 0.237. The molecule has 1 N–H and O–H groups in total. The molecule has 3 aliphatic rings. The fourth-order valence-corrected chi connectivity index (χ4v) is 6.91. The third kappa shape index (κ3) is 5.39. The zero-order valence-electron chi connectivity index (χ0n) is 25.2. The molecule has 3 heterocycles. The van der Waals surface area contributed by atoms with E-state index in [9.17, 15) is 14.4 Å². The van der Waals surface area contributed by atoms with Crippen LogP contribution in [0.3, 0.4) is 0 Å². The molecule has 0 aliphatic carbocycles. The minimum Gasteiger partial charge on any atom is -0.494 e. The highest BCUT2D eigenvalue weighted by molar-refractivity contribution is 6.39. The molecule has 2 atom stereocenters. The number of urea groups is 1. The van der Waals surface area contributed by atoms with Gasteiger partial charge in [-0.25, -0.2) is 9.69 Å². The predicted molar refractivity (Wildman–Crippen MR) is 176 cm³/mol. The van der Waals surface area contributed by atoms with E-state index in [0.717, 1.165) is 48.4 Å². The first-order valence-corrected chi connectivity index (χ1v) is 15.7. The Morgan fingerprint density at radius 1 is 0.800 bits per heavy atom.